The Morgan fingerprint density at radius 2 is 1.50 bits per heavy atom. The fourth-order valence-corrected chi connectivity index (χ4v) is 0. The van der Waals surface area contributed by atoms with Gasteiger partial charge in [0.25, 0.3) is 0 Å². The normalized spacial score (nSPS) is 1.33. The van der Waals surface area contributed by atoms with Crippen LogP contribution in [-0.4, -0.2) is 46.9 Å². The van der Waals surface area contributed by atoms with Crippen LogP contribution in [0.15, 0.2) is 0 Å². The Balaban J connectivity index is -0.00000000667. The van der Waals surface area contributed by atoms with E-state index in [4.69, 9.17) is 11.1 Å². The predicted molar refractivity (Wildman–Crippen MR) is 29.6 cm³/mol. The van der Waals surface area contributed by atoms with E-state index in [2.05, 4.69) is 0 Å². The minimum atomic E-state index is 0. The van der Waals surface area contributed by atoms with Crippen molar-refractivity contribution in [2.24, 2.45) is 0 Å². The average Bonchev–Trinajstić information content (AvgIpc) is 0.918. The van der Waals surface area contributed by atoms with Crippen LogP contribution in [0.5, 0.6) is 0 Å². The maximum absolute atomic E-state index is 6.86. The van der Waals surface area contributed by atoms with Crippen LogP contribution in [0, 0.1) is 5.53 Å². The third-order valence-electron chi connectivity index (χ3n) is 0. The molecule has 0 rings (SSSR count). The first-order valence-electron chi connectivity index (χ1n) is 0.424. The van der Waals surface area contributed by atoms with Gasteiger partial charge in [-0.25, -0.2) is 0 Å². The molecule has 0 aromatic carbocycles. The van der Waals surface area contributed by atoms with E-state index in [1.165, 1.54) is 0 Å². The number of hydrogen-bond acceptors (Lipinski definition) is 1. The first kappa shape index (κ1) is 27.3. The molecule has 6 heteroatoms. The molecule has 0 aliphatic carbocycles. The molecule has 0 bridgehead atoms. The zero-order valence-corrected chi connectivity index (χ0v) is 4.35. The van der Waals surface area contributed by atoms with Gasteiger partial charge in [0.2, 0.25) is 0 Å². The Morgan fingerprint density at radius 1 is 1.50 bits per heavy atom. The quantitative estimate of drug-likeness (QED) is 0.212. The van der Waals surface area contributed by atoms with E-state index in [-0.39, 0.29) is 59.3 Å². The van der Waals surface area contributed by atoms with Crippen molar-refractivity contribution in [3.8, 4) is 0 Å². The number of rotatable bonds is 0. The molecule has 0 unspecified atom stereocenters. The molecule has 0 aliphatic rings. The first-order chi connectivity index (χ1) is 1.41. The zero-order chi connectivity index (χ0) is 2.71. The molecule has 26 valence electrons. The van der Waals surface area contributed by atoms with Crippen LogP contribution >= 0.6 is 12.4 Å². The molecule has 0 aromatic heterocycles. The topological polar surface area (TPSA) is 60.3 Å². The second-order valence-corrected chi connectivity index (χ2v) is 0.100. The van der Waals surface area contributed by atoms with Crippen molar-refractivity contribution in [3.63, 3.8) is 0 Å². The van der Waals surface area contributed by atoms with Crippen LogP contribution in [-0.2, 0) is 0 Å². The van der Waals surface area contributed by atoms with Gasteiger partial charge in [-0.3, -0.25) is 0 Å². The number of halogens is 1. The van der Waals surface area contributed by atoms with E-state index in [9.17, 15) is 0 Å². The van der Waals surface area contributed by atoms with E-state index in [1.807, 2.05) is 0 Å². The van der Waals surface area contributed by atoms with Crippen molar-refractivity contribution in [2.45, 2.75) is 0 Å². The average molecular weight is 130 g/mol. The molecule has 0 radical (unpaired) electrons. The summed E-state index contributed by atoms with van der Waals surface area (Å²) in [5, 5.41) is 0. The third kappa shape index (κ3) is 68.3. The van der Waals surface area contributed by atoms with Crippen molar-refractivity contribution in [1.29, 1.82) is 5.53 Å². The molecule has 0 fully saturated rings. The van der Waals surface area contributed by atoms with Gasteiger partial charge >= 0.3 is 46.9 Å². The molecule has 3 nitrogen and oxygen atoms in total. The Kier molecular flexibility index (Phi) is 162. The van der Waals surface area contributed by atoms with Crippen molar-refractivity contribution in [3.05, 3.63) is 10.4 Å². The van der Waals surface area contributed by atoms with E-state index in [0.29, 0.717) is 0 Å². The number of nitrogens with one attached hydrogen (secondary N) is 1. The van der Waals surface area contributed by atoms with Gasteiger partial charge in [-0.1, -0.05) is 0 Å². The van der Waals surface area contributed by atoms with Gasteiger partial charge in [0.15, 0.2) is 0 Å². The predicted octanol–water partition coefficient (Wildman–Crippen LogP) is 0.268. The van der Waals surface area contributed by atoms with E-state index < -0.39 is 0 Å². The molecule has 0 saturated heterocycles. The van der Waals surface area contributed by atoms with E-state index in [1.54, 1.807) is 4.91 Å². The standard InChI is InChI=1S/Al.ClH.HN3.Na.H/c;;1-3-2;;/h;1H;1H;;/q+3;;;;. The monoisotopic (exact) mass is 130 g/mol. The molecule has 0 amide bonds. The van der Waals surface area contributed by atoms with Crippen LogP contribution in [0.3, 0.4) is 0 Å². The van der Waals surface area contributed by atoms with E-state index in [0.717, 1.165) is 0 Å². The summed E-state index contributed by atoms with van der Waals surface area (Å²) in [6.45, 7) is 0. The van der Waals surface area contributed by atoms with Crippen molar-refractivity contribution in [1.82, 2.24) is 0 Å². The first-order valence-corrected chi connectivity index (χ1v) is 0.424. The second-order valence-electron chi connectivity index (χ2n) is 0.100. The minimum absolute atomic E-state index is 0. The molecular weight excluding hydrogens is 127 g/mol. The Labute approximate surface area is 74.7 Å². The maximum atomic E-state index is 6.86. The van der Waals surface area contributed by atoms with Gasteiger partial charge < -0.3 is 0 Å². The van der Waals surface area contributed by atoms with Gasteiger partial charge in [-0.2, -0.15) is 0 Å². The molecule has 0 spiro atoms. The van der Waals surface area contributed by atoms with Gasteiger partial charge in [0.1, 0.15) is 0 Å². The zero-order valence-electron chi connectivity index (χ0n) is 2.38. The van der Waals surface area contributed by atoms with Gasteiger partial charge in [-0.15, -0.1) is 17.9 Å². The summed E-state index contributed by atoms with van der Waals surface area (Å²) in [6.07, 6.45) is 0. The summed E-state index contributed by atoms with van der Waals surface area (Å²) in [5.41, 5.74) is 12.2. The van der Waals surface area contributed by atoms with Crippen LogP contribution in [0.1, 0.15) is 0 Å². The van der Waals surface area contributed by atoms with Crippen LogP contribution in [0.2, 0.25) is 0 Å². The molecule has 0 aliphatic heterocycles. The number of hydrogen-bond donors (Lipinski definition) is 1. The van der Waals surface area contributed by atoms with Crippen molar-refractivity contribution in [2.75, 3.05) is 0 Å². The van der Waals surface area contributed by atoms with E-state index >= 15 is 0 Å². The van der Waals surface area contributed by atoms with Gasteiger partial charge in [0.05, 0.1) is 0 Å². The summed E-state index contributed by atoms with van der Waals surface area (Å²) in [7, 11) is 0. The van der Waals surface area contributed by atoms with Crippen LogP contribution in [0.25, 0.3) is 10.4 Å². The summed E-state index contributed by atoms with van der Waals surface area (Å²) in [6, 6.07) is 0. The van der Waals surface area contributed by atoms with Crippen molar-refractivity contribution < 1.29 is 0 Å². The summed E-state index contributed by atoms with van der Waals surface area (Å²) in [5.74, 6) is 0. The molecule has 0 saturated carbocycles. The molecule has 0 atom stereocenters. The summed E-state index contributed by atoms with van der Waals surface area (Å²) in [4.78, 5) is 1.75. The second kappa shape index (κ2) is 35.5. The molecule has 0 heterocycles. The number of nitrogens with zero attached hydrogens (tertiary/aromatic N) is 2. The van der Waals surface area contributed by atoms with Crippen LogP contribution in [0.4, 0.5) is 0 Å². The summed E-state index contributed by atoms with van der Waals surface area (Å²) >= 11 is 0. The van der Waals surface area contributed by atoms with Crippen molar-refractivity contribution >= 4 is 59.3 Å². The van der Waals surface area contributed by atoms with Crippen LogP contribution < -0.4 is 0 Å². The Hall–Kier alpha value is 1.13. The fourth-order valence-electron chi connectivity index (χ4n) is 0. The molecule has 0 aromatic rings. The molecular formula is H3AlClN3Na+3. The Bertz CT molecular complexity index is 31.8. The Morgan fingerprint density at radius 3 is 1.50 bits per heavy atom. The molecule has 6 heavy (non-hydrogen) atoms. The third-order valence-corrected chi connectivity index (χ3v) is 0. The molecule has 1 N–H and O–H groups in total. The van der Waals surface area contributed by atoms with Gasteiger partial charge in [-0.05, 0) is 10.4 Å². The SMILES string of the molecule is Cl.[Al+3].[N-]=[N+]=N.[NaH]. The van der Waals surface area contributed by atoms with Gasteiger partial charge in [0, 0.05) is 0 Å². The fraction of sp³-hybridized carbons (Fsp3) is 0. The summed E-state index contributed by atoms with van der Waals surface area (Å²) < 4.78 is 0.